The molecule has 3 nitrogen and oxygen atoms in total. The van der Waals surface area contributed by atoms with Crippen LogP contribution in [0.1, 0.15) is 27.6 Å². The van der Waals surface area contributed by atoms with Crippen LogP contribution in [0.25, 0.3) is 0 Å². The summed E-state index contributed by atoms with van der Waals surface area (Å²) in [5.41, 5.74) is 6.86. The second kappa shape index (κ2) is 6.19. The van der Waals surface area contributed by atoms with E-state index in [-0.39, 0.29) is 6.04 Å². The first kappa shape index (κ1) is 14.1. The lowest BCUT2D eigenvalue weighted by molar-refractivity contribution is 0.403. The molecule has 19 heavy (non-hydrogen) atoms. The van der Waals surface area contributed by atoms with E-state index < -0.39 is 0 Å². The van der Waals surface area contributed by atoms with Crippen molar-refractivity contribution in [2.24, 2.45) is 5.84 Å². The molecule has 1 aromatic heterocycles. The minimum absolute atomic E-state index is 0.0785. The van der Waals surface area contributed by atoms with Gasteiger partial charge in [0.25, 0.3) is 0 Å². The van der Waals surface area contributed by atoms with E-state index in [4.69, 9.17) is 10.6 Å². The first-order valence-corrected chi connectivity index (χ1v) is 7.18. The van der Waals surface area contributed by atoms with Crippen molar-refractivity contribution in [3.8, 4) is 5.75 Å². The Hall–Kier alpha value is -1.36. The van der Waals surface area contributed by atoms with E-state index in [2.05, 4.69) is 37.5 Å². The van der Waals surface area contributed by atoms with E-state index in [0.29, 0.717) is 0 Å². The number of nitrogens with two attached hydrogens (primary N) is 1. The van der Waals surface area contributed by atoms with Crippen LogP contribution >= 0.6 is 11.3 Å². The molecule has 1 atom stereocenters. The predicted molar refractivity (Wildman–Crippen MR) is 80.6 cm³/mol. The third-order valence-electron chi connectivity index (χ3n) is 3.45. The highest BCUT2D eigenvalue weighted by atomic mass is 32.1. The van der Waals surface area contributed by atoms with Crippen molar-refractivity contribution in [1.82, 2.24) is 5.43 Å². The topological polar surface area (TPSA) is 47.3 Å². The zero-order valence-corrected chi connectivity index (χ0v) is 12.4. The Morgan fingerprint density at radius 2 is 1.95 bits per heavy atom. The van der Waals surface area contributed by atoms with Crippen molar-refractivity contribution in [1.29, 1.82) is 0 Å². The number of benzene rings is 1. The highest BCUT2D eigenvalue weighted by molar-refractivity contribution is 7.10. The van der Waals surface area contributed by atoms with Gasteiger partial charge in [-0.1, -0.05) is 18.2 Å². The number of hydrogen-bond donors (Lipinski definition) is 2. The van der Waals surface area contributed by atoms with Gasteiger partial charge in [-0.2, -0.15) is 0 Å². The lowest BCUT2D eigenvalue weighted by atomic mass is 9.96. The first-order valence-electron chi connectivity index (χ1n) is 6.30. The molecule has 1 heterocycles. The molecule has 2 rings (SSSR count). The standard InChI is InChI=1S/C15H20N2OS/c1-10-5-4-6-11(2)12(10)9-13(17-16)15-14(18-3)7-8-19-15/h4-8,13,17H,9,16H2,1-3H3. The maximum absolute atomic E-state index is 5.74. The summed E-state index contributed by atoms with van der Waals surface area (Å²) in [6.45, 7) is 4.28. The normalized spacial score (nSPS) is 12.4. The molecule has 0 bridgehead atoms. The number of thiophene rings is 1. The van der Waals surface area contributed by atoms with E-state index in [1.54, 1.807) is 18.4 Å². The fraction of sp³-hybridized carbons (Fsp3) is 0.333. The van der Waals surface area contributed by atoms with E-state index in [0.717, 1.165) is 17.0 Å². The van der Waals surface area contributed by atoms with Gasteiger partial charge >= 0.3 is 0 Å². The Balaban J connectivity index is 2.29. The average Bonchev–Trinajstić information content (AvgIpc) is 2.87. The molecule has 0 radical (unpaired) electrons. The molecule has 102 valence electrons. The molecular weight excluding hydrogens is 256 g/mol. The minimum Gasteiger partial charge on any atom is -0.496 e. The van der Waals surface area contributed by atoms with Gasteiger partial charge in [-0.05, 0) is 48.4 Å². The van der Waals surface area contributed by atoms with E-state index in [9.17, 15) is 0 Å². The monoisotopic (exact) mass is 276 g/mol. The molecule has 0 aliphatic rings. The second-order valence-electron chi connectivity index (χ2n) is 4.65. The van der Waals surface area contributed by atoms with E-state index in [1.807, 2.05) is 11.4 Å². The molecule has 0 spiro atoms. The maximum atomic E-state index is 5.74. The maximum Gasteiger partial charge on any atom is 0.134 e. The van der Waals surface area contributed by atoms with Gasteiger partial charge in [0.1, 0.15) is 5.75 Å². The largest absolute Gasteiger partial charge is 0.496 e. The van der Waals surface area contributed by atoms with Crippen LogP contribution in [0.2, 0.25) is 0 Å². The smallest absolute Gasteiger partial charge is 0.134 e. The van der Waals surface area contributed by atoms with Crippen LogP contribution in [0.3, 0.4) is 0 Å². The highest BCUT2D eigenvalue weighted by Gasteiger charge is 2.18. The Bertz CT molecular complexity index is 531. The molecule has 2 aromatic rings. The summed E-state index contributed by atoms with van der Waals surface area (Å²) in [5.74, 6) is 6.64. The van der Waals surface area contributed by atoms with E-state index >= 15 is 0 Å². The molecule has 0 saturated carbocycles. The fourth-order valence-corrected chi connectivity index (χ4v) is 3.26. The van der Waals surface area contributed by atoms with Crippen LogP contribution in [0.15, 0.2) is 29.6 Å². The fourth-order valence-electron chi connectivity index (χ4n) is 2.33. The van der Waals surface area contributed by atoms with Crippen molar-refractivity contribution in [3.63, 3.8) is 0 Å². The lowest BCUT2D eigenvalue weighted by Gasteiger charge is -2.18. The molecule has 1 aromatic carbocycles. The second-order valence-corrected chi connectivity index (χ2v) is 5.59. The molecule has 0 amide bonds. The van der Waals surface area contributed by atoms with Gasteiger partial charge in [0.05, 0.1) is 18.0 Å². The summed E-state index contributed by atoms with van der Waals surface area (Å²) < 4.78 is 5.38. The van der Waals surface area contributed by atoms with Crippen molar-refractivity contribution in [2.75, 3.05) is 7.11 Å². The number of rotatable bonds is 5. The summed E-state index contributed by atoms with van der Waals surface area (Å²) in [4.78, 5) is 1.15. The number of nitrogens with one attached hydrogen (secondary N) is 1. The van der Waals surface area contributed by atoms with Gasteiger partial charge in [-0.25, -0.2) is 0 Å². The van der Waals surface area contributed by atoms with Crippen molar-refractivity contribution >= 4 is 11.3 Å². The zero-order valence-electron chi connectivity index (χ0n) is 11.6. The van der Waals surface area contributed by atoms with Gasteiger partial charge in [0.15, 0.2) is 0 Å². The summed E-state index contributed by atoms with van der Waals surface area (Å²) in [5, 5.41) is 2.03. The van der Waals surface area contributed by atoms with Crippen LogP contribution < -0.4 is 16.0 Å². The van der Waals surface area contributed by atoms with Crippen LogP contribution in [0.5, 0.6) is 5.75 Å². The number of hydrazine groups is 1. The summed E-state index contributed by atoms with van der Waals surface area (Å²) >= 11 is 1.67. The van der Waals surface area contributed by atoms with Crippen molar-refractivity contribution in [3.05, 3.63) is 51.2 Å². The Morgan fingerprint density at radius 1 is 1.26 bits per heavy atom. The molecule has 1 unspecified atom stereocenters. The number of aryl methyl sites for hydroxylation is 2. The summed E-state index contributed by atoms with van der Waals surface area (Å²) in [6, 6.07) is 8.43. The summed E-state index contributed by atoms with van der Waals surface area (Å²) in [6.07, 6.45) is 0.867. The average molecular weight is 276 g/mol. The van der Waals surface area contributed by atoms with Gasteiger partial charge in [-0.15, -0.1) is 11.3 Å². The zero-order chi connectivity index (χ0) is 13.8. The van der Waals surface area contributed by atoms with Crippen LogP contribution in [0, 0.1) is 13.8 Å². The van der Waals surface area contributed by atoms with Gasteiger partial charge in [0.2, 0.25) is 0 Å². The predicted octanol–water partition coefficient (Wildman–Crippen LogP) is 3.12. The van der Waals surface area contributed by atoms with Crippen LogP contribution in [-0.4, -0.2) is 7.11 Å². The van der Waals surface area contributed by atoms with Gasteiger partial charge in [0, 0.05) is 0 Å². The molecule has 0 aliphatic heterocycles. The van der Waals surface area contributed by atoms with Crippen molar-refractivity contribution in [2.45, 2.75) is 26.3 Å². The third kappa shape index (κ3) is 2.97. The first-order chi connectivity index (χ1) is 9.17. The van der Waals surface area contributed by atoms with Crippen LogP contribution in [-0.2, 0) is 6.42 Å². The highest BCUT2D eigenvalue weighted by Crippen LogP contribution is 2.33. The molecule has 4 heteroatoms. The Kier molecular flexibility index (Phi) is 4.58. The Labute approximate surface area is 118 Å². The number of methoxy groups -OCH3 is 1. The lowest BCUT2D eigenvalue weighted by Crippen LogP contribution is -2.29. The van der Waals surface area contributed by atoms with E-state index in [1.165, 1.54) is 16.7 Å². The third-order valence-corrected chi connectivity index (χ3v) is 4.46. The molecular formula is C15H20N2OS. The van der Waals surface area contributed by atoms with Crippen molar-refractivity contribution < 1.29 is 4.74 Å². The molecule has 0 fully saturated rings. The molecule has 3 N–H and O–H groups in total. The SMILES string of the molecule is COc1ccsc1C(Cc1c(C)cccc1C)NN. The van der Waals surface area contributed by atoms with Crippen LogP contribution in [0.4, 0.5) is 0 Å². The molecule has 0 saturated heterocycles. The number of hydrogen-bond acceptors (Lipinski definition) is 4. The molecule has 0 aliphatic carbocycles. The minimum atomic E-state index is 0.0785. The van der Waals surface area contributed by atoms with Gasteiger partial charge in [-0.3, -0.25) is 11.3 Å². The van der Waals surface area contributed by atoms with Gasteiger partial charge < -0.3 is 4.74 Å². The Morgan fingerprint density at radius 3 is 2.53 bits per heavy atom. The quantitative estimate of drug-likeness (QED) is 0.651. The summed E-state index contributed by atoms with van der Waals surface area (Å²) in [7, 11) is 1.69. The number of ether oxygens (including phenoxy) is 1.